The van der Waals surface area contributed by atoms with Crippen LogP contribution >= 0.6 is 0 Å². The number of unbranched alkanes of at least 4 members (excludes halogenated alkanes) is 12. The average Bonchev–Trinajstić information content (AvgIpc) is 2.68. The fourth-order valence-electron chi connectivity index (χ4n) is 4.66. The van der Waals surface area contributed by atoms with E-state index in [0.717, 1.165) is 11.8 Å². The quantitative estimate of drug-likeness (QED) is 0.164. The second-order valence-electron chi connectivity index (χ2n) is 9.37. The molecule has 0 aliphatic carbocycles. The van der Waals surface area contributed by atoms with E-state index in [9.17, 15) is 0 Å². The second kappa shape index (κ2) is 22.3. The minimum absolute atomic E-state index is 1.03. The highest BCUT2D eigenvalue weighted by Gasteiger charge is 2.16. The molecule has 0 aromatic carbocycles. The zero-order valence-corrected chi connectivity index (χ0v) is 20.0. The molecule has 164 valence electrons. The van der Waals surface area contributed by atoms with Gasteiger partial charge in [0.2, 0.25) is 0 Å². The number of hydrogen-bond acceptors (Lipinski definition) is 0. The van der Waals surface area contributed by atoms with Crippen molar-refractivity contribution in [3.8, 4) is 0 Å². The summed E-state index contributed by atoms with van der Waals surface area (Å²) in [7, 11) is 0. The summed E-state index contributed by atoms with van der Waals surface area (Å²) in [4.78, 5) is 0. The van der Waals surface area contributed by atoms with Gasteiger partial charge in [0.1, 0.15) is 0 Å². The van der Waals surface area contributed by atoms with E-state index >= 15 is 0 Å². The highest BCUT2D eigenvalue weighted by Crippen LogP contribution is 2.30. The lowest BCUT2D eigenvalue weighted by Gasteiger charge is -2.24. The van der Waals surface area contributed by atoms with E-state index in [1.807, 2.05) is 0 Å². The topological polar surface area (TPSA) is 0 Å². The third-order valence-corrected chi connectivity index (χ3v) is 6.53. The summed E-state index contributed by atoms with van der Waals surface area (Å²) in [5, 5.41) is 0. The Kier molecular flexibility index (Phi) is 22.3. The third kappa shape index (κ3) is 19.1. The molecule has 0 aromatic heterocycles. The Labute approximate surface area is 174 Å². The van der Waals surface area contributed by atoms with E-state index in [0.29, 0.717) is 0 Å². The van der Waals surface area contributed by atoms with E-state index < -0.39 is 0 Å². The molecule has 0 heteroatoms. The molecule has 0 saturated carbocycles. The van der Waals surface area contributed by atoms with Gasteiger partial charge in [0.15, 0.2) is 0 Å². The van der Waals surface area contributed by atoms with Gasteiger partial charge >= 0.3 is 0 Å². The molecule has 0 aliphatic rings. The zero-order chi connectivity index (χ0) is 20.0. The van der Waals surface area contributed by atoms with Crippen LogP contribution in [0.25, 0.3) is 0 Å². The molecular weight excluding hydrogens is 324 g/mol. The van der Waals surface area contributed by atoms with Gasteiger partial charge in [-0.15, -0.1) is 0 Å². The molecule has 0 bridgehead atoms. The van der Waals surface area contributed by atoms with Crippen molar-refractivity contribution < 1.29 is 0 Å². The summed E-state index contributed by atoms with van der Waals surface area (Å²) in [6.07, 6.45) is 30.7. The SMILES string of the molecule is CCCCCCCCC(CCCC)CC(CCCCCC)CCCCCC. The van der Waals surface area contributed by atoms with Crippen molar-refractivity contribution in [2.24, 2.45) is 11.8 Å². The van der Waals surface area contributed by atoms with Crippen molar-refractivity contribution in [1.82, 2.24) is 0 Å². The Balaban J connectivity index is 4.31. The van der Waals surface area contributed by atoms with Crippen molar-refractivity contribution in [3.05, 3.63) is 0 Å². The summed E-state index contributed by atoms with van der Waals surface area (Å²) in [5.74, 6) is 2.05. The summed E-state index contributed by atoms with van der Waals surface area (Å²) in [6.45, 7) is 9.36. The minimum Gasteiger partial charge on any atom is -0.0654 e. The van der Waals surface area contributed by atoms with Crippen LogP contribution < -0.4 is 0 Å². The summed E-state index contributed by atoms with van der Waals surface area (Å²) >= 11 is 0. The molecule has 0 N–H and O–H groups in total. The fourth-order valence-corrected chi connectivity index (χ4v) is 4.66. The van der Waals surface area contributed by atoms with Gasteiger partial charge in [0, 0.05) is 0 Å². The first-order valence-electron chi connectivity index (χ1n) is 13.3. The molecule has 0 nitrogen and oxygen atoms in total. The number of hydrogen-bond donors (Lipinski definition) is 0. The monoisotopic (exact) mass is 380 g/mol. The first-order chi connectivity index (χ1) is 13.3. The summed E-state index contributed by atoms with van der Waals surface area (Å²) in [5.41, 5.74) is 0. The van der Waals surface area contributed by atoms with Gasteiger partial charge in [-0.25, -0.2) is 0 Å². The molecule has 1 unspecified atom stereocenters. The Hall–Kier alpha value is 0. The Morgan fingerprint density at radius 3 is 1.04 bits per heavy atom. The maximum absolute atomic E-state index is 2.37. The van der Waals surface area contributed by atoms with E-state index in [4.69, 9.17) is 0 Å². The largest absolute Gasteiger partial charge is 0.0654 e. The molecule has 0 spiro atoms. The molecule has 0 aliphatic heterocycles. The Morgan fingerprint density at radius 1 is 0.333 bits per heavy atom. The van der Waals surface area contributed by atoms with Crippen LogP contribution in [0.1, 0.15) is 163 Å². The maximum atomic E-state index is 2.37. The average molecular weight is 381 g/mol. The van der Waals surface area contributed by atoms with Crippen molar-refractivity contribution in [3.63, 3.8) is 0 Å². The third-order valence-electron chi connectivity index (χ3n) is 6.53. The van der Waals surface area contributed by atoms with Crippen molar-refractivity contribution >= 4 is 0 Å². The van der Waals surface area contributed by atoms with Crippen LogP contribution in [0.2, 0.25) is 0 Å². The Morgan fingerprint density at radius 2 is 0.630 bits per heavy atom. The molecule has 0 radical (unpaired) electrons. The van der Waals surface area contributed by atoms with Crippen LogP contribution in [0.15, 0.2) is 0 Å². The summed E-state index contributed by atoms with van der Waals surface area (Å²) in [6, 6.07) is 0. The van der Waals surface area contributed by atoms with Crippen LogP contribution in [0.4, 0.5) is 0 Å². The van der Waals surface area contributed by atoms with Crippen LogP contribution in [0, 0.1) is 11.8 Å². The minimum atomic E-state index is 1.03. The summed E-state index contributed by atoms with van der Waals surface area (Å²) < 4.78 is 0. The van der Waals surface area contributed by atoms with Gasteiger partial charge in [-0.05, 0) is 18.3 Å². The molecule has 1 atom stereocenters. The van der Waals surface area contributed by atoms with Gasteiger partial charge < -0.3 is 0 Å². The van der Waals surface area contributed by atoms with Gasteiger partial charge in [0.05, 0.1) is 0 Å². The molecule has 0 heterocycles. The molecular formula is C27H56. The lowest BCUT2D eigenvalue weighted by molar-refractivity contribution is 0.284. The molecule has 27 heavy (non-hydrogen) atoms. The molecule has 0 amide bonds. The van der Waals surface area contributed by atoms with Gasteiger partial charge in [-0.1, -0.05) is 156 Å². The lowest BCUT2D eigenvalue weighted by atomic mass is 9.82. The zero-order valence-electron chi connectivity index (χ0n) is 20.0. The van der Waals surface area contributed by atoms with Gasteiger partial charge in [0.25, 0.3) is 0 Å². The first kappa shape index (κ1) is 27.0. The van der Waals surface area contributed by atoms with Crippen LogP contribution in [0.5, 0.6) is 0 Å². The standard InChI is InChI=1S/C27H56/c1-5-9-13-16-17-20-24-26(21-12-8-4)25-27(22-18-14-10-6-2)23-19-15-11-7-3/h26-27H,5-25H2,1-4H3. The highest BCUT2D eigenvalue weighted by atomic mass is 14.2. The highest BCUT2D eigenvalue weighted by molar-refractivity contribution is 4.69. The fraction of sp³-hybridized carbons (Fsp3) is 1.00. The van der Waals surface area contributed by atoms with Gasteiger partial charge in [-0.3, -0.25) is 0 Å². The molecule has 0 aromatic rings. The predicted molar refractivity (Wildman–Crippen MR) is 127 cm³/mol. The van der Waals surface area contributed by atoms with Crippen molar-refractivity contribution in [2.45, 2.75) is 163 Å². The van der Waals surface area contributed by atoms with Crippen LogP contribution in [0.3, 0.4) is 0 Å². The number of rotatable bonds is 22. The van der Waals surface area contributed by atoms with E-state index in [1.54, 1.807) is 6.42 Å². The molecule has 0 saturated heterocycles. The van der Waals surface area contributed by atoms with Crippen LogP contribution in [-0.4, -0.2) is 0 Å². The smallest absolute Gasteiger partial charge is 0.0412 e. The molecule has 0 fully saturated rings. The van der Waals surface area contributed by atoms with E-state index in [2.05, 4.69) is 27.7 Å². The van der Waals surface area contributed by atoms with Crippen molar-refractivity contribution in [1.29, 1.82) is 0 Å². The second-order valence-corrected chi connectivity index (χ2v) is 9.37. The normalized spacial score (nSPS) is 12.8. The van der Waals surface area contributed by atoms with E-state index in [-0.39, 0.29) is 0 Å². The first-order valence-corrected chi connectivity index (χ1v) is 13.3. The van der Waals surface area contributed by atoms with Crippen LogP contribution in [-0.2, 0) is 0 Å². The molecule has 0 rings (SSSR count). The maximum Gasteiger partial charge on any atom is -0.0412 e. The van der Waals surface area contributed by atoms with Crippen molar-refractivity contribution in [2.75, 3.05) is 0 Å². The lowest BCUT2D eigenvalue weighted by Crippen LogP contribution is -2.10. The predicted octanol–water partition coefficient (Wildman–Crippen LogP) is 10.5. The van der Waals surface area contributed by atoms with E-state index in [1.165, 1.54) is 128 Å². The Bertz CT molecular complexity index is 245. The van der Waals surface area contributed by atoms with Gasteiger partial charge in [-0.2, -0.15) is 0 Å².